The summed E-state index contributed by atoms with van der Waals surface area (Å²) in [6, 6.07) is 30.8. The minimum Gasteiger partial charge on any atom is -0.461 e. The number of anilines is 1. The largest absolute Gasteiger partial charge is 0.461 e. The van der Waals surface area contributed by atoms with Gasteiger partial charge in [0.1, 0.15) is 17.3 Å². The van der Waals surface area contributed by atoms with Crippen LogP contribution in [0.25, 0.3) is 0 Å². The van der Waals surface area contributed by atoms with Gasteiger partial charge in [0.05, 0.1) is 6.61 Å². The molecule has 0 saturated carbocycles. The van der Waals surface area contributed by atoms with Crippen LogP contribution in [-0.4, -0.2) is 29.4 Å². The lowest BCUT2D eigenvalue weighted by molar-refractivity contribution is -0.135. The van der Waals surface area contributed by atoms with Crippen molar-refractivity contribution in [2.45, 2.75) is 32.4 Å². The van der Waals surface area contributed by atoms with Crippen LogP contribution in [0.3, 0.4) is 0 Å². The molecule has 1 aromatic heterocycles. The predicted octanol–water partition coefficient (Wildman–Crippen LogP) is 6.24. The van der Waals surface area contributed by atoms with E-state index < -0.39 is 11.5 Å². The van der Waals surface area contributed by atoms with Gasteiger partial charge in [0, 0.05) is 5.38 Å². The summed E-state index contributed by atoms with van der Waals surface area (Å²) in [6.07, 6.45) is -0.187. The molecule has 0 aliphatic rings. The van der Waals surface area contributed by atoms with E-state index in [2.05, 4.69) is 46.9 Å². The average Bonchev–Trinajstić information content (AvgIpc) is 3.37. The summed E-state index contributed by atoms with van der Waals surface area (Å²) in [5.74, 6) is -0.574. The molecule has 1 N–H and O–H groups in total. The number of esters is 1. The van der Waals surface area contributed by atoms with Crippen LogP contribution in [0, 0.1) is 0 Å². The average molecular weight is 500 g/mol. The highest BCUT2D eigenvalue weighted by molar-refractivity contribution is 7.14. The summed E-state index contributed by atoms with van der Waals surface area (Å²) in [7, 11) is 0. The number of ether oxygens (including phenoxy) is 1. The van der Waals surface area contributed by atoms with E-state index in [0.29, 0.717) is 10.8 Å². The van der Waals surface area contributed by atoms with Crippen LogP contribution < -0.4 is 5.32 Å². The lowest BCUT2D eigenvalue weighted by atomic mass is 9.77. The third kappa shape index (κ3) is 5.47. The van der Waals surface area contributed by atoms with Gasteiger partial charge in [0.2, 0.25) is 5.71 Å². The monoisotopic (exact) mass is 499 g/mol. The maximum absolute atomic E-state index is 12.6. The number of thiazole rings is 1. The van der Waals surface area contributed by atoms with E-state index in [1.165, 1.54) is 11.3 Å². The zero-order valence-electron chi connectivity index (χ0n) is 20.5. The fraction of sp³-hybridized carbons (Fsp3) is 0.207. The van der Waals surface area contributed by atoms with Crippen molar-refractivity contribution < 1.29 is 14.4 Å². The van der Waals surface area contributed by atoms with Crippen LogP contribution in [0.5, 0.6) is 0 Å². The van der Waals surface area contributed by atoms with Gasteiger partial charge < -0.3 is 14.9 Å². The number of rotatable bonds is 10. The molecular weight excluding hydrogens is 470 g/mol. The smallest absolute Gasteiger partial charge is 0.362 e. The molecule has 0 unspecified atom stereocenters. The van der Waals surface area contributed by atoms with Gasteiger partial charge in [-0.1, -0.05) is 96.2 Å². The number of hydrogen-bond acceptors (Lipinski definition) is 7. The number of aromatic nitrogens is 1. The number of carbonyl (C=O) groups excluding carboxylic acids is 1. The fourth-order valence-corrected chi connectivity index (χ4v) is 4.68. The first-order chi connectivity index (χ1) is 17.5. The summed E-state index contributed by atoms with van der Waals surface area (Å²) >= 11 is 1.39. The Labute approximate surface area is 215 Å². The van der Waals surface area contributed by atoms with E-state index in [4.69, 9.17) is 14.6 Å². The second kappa shape index (κ2) is 11.6. The molecule has 7 heteroatoms. The van der Waals surface area contributed by atoms with Crippen LogP contribution in [0.2, 0.25) is 0 Å². The molecule has 0 fully saturated rings. The van der Waals surface area contributed by atoms with Crippen LogP contribution in [0.15, 0.2) is 102 Å². The molecule has 3 aromatic carbocycles. The van der Waals surface area contributed by atoms with E-state index in [-0.39, 0.29) is 18.4 Å². The molecule has 0 radical (unpaired) electrons. The maximum Gasteiger partial charge on any atom is 0.362 e. The van der Waals surface area contributed by atoms with Gasteiger partial charge in [-0.25, -0.2) is 9.78 Å². The summed E-state index contributed by atoms with van der Waals surface area (Å²) < 4.78 is 5.20. The normalized spacial score (nSPS) is 11.8. The van der Waals surface area contributed by atoms with Crippen LogP contribution >= 0.6 is 11.3 Å². The van der Waals surface area contributed by atoms with Gasteiger partial charge in [-0.05, 0) is 37.5 Å². The van der Waals surface area contributed by atoms with E-state index >= 15 is 0 Å². The number of oxime groups is 1. The number of nitrogens with zero attached hydrogens (tertiary/aromatic N) is 2. The Morgan fingerprint density at radius 3 is 1.86 bits per heavy atom. The molecular formula is C29H29N3O3S. The molecule has 0 spiro atoms. The summed E-state index contributed by atoms with van der Waals surface area (Å²) in [4.78, 5) is 22.8. The molecule has 6 nitrogen and oxygen atoms in total. The molecule has 0 aliphatic carbocycles. The Morgan fingerprint density at radius 2 is 1.42 bits per heavy atom. The molecule has 0 atom stereocenters. The van der Waals surface area contributed by atoms with Gasteiger partial charge in [0.25, 0.3) is 0 Å². The first kappa shape index (κ1) is 25.1. The highest BCUT2D eigenvalue weighted by atomic mass is 32.1. The minimum absolute atomic E-state index is 0.0413. The minimum atomic E-state index is -0.728. The van der Waals surface area contributed by atoms with E-state index in [9.17, 15) is 4.79 Å². The quantitative estimate of drug-likeness (QED) is 0.121. The number of carbonyl (C=O) groups is 1. The topological polar surface area (TPSA) is 72.8 Å². The van der Waals surface area contributed by atoms with E-state index in [0.717, 1.165) is 16.7 Å². The van der Waals surface area contributed by atoms with Crippen molar-refractivity contribution in [3.63, 3.8) is 0 Å². The second-order valence-corrected chi connectivity index (χ2v) is 9.18. The number of nitrogens with one attached hydrogen (secondary N) is 1. The molecule has 0 amide bonds. The van der Waals surface area contributed by atoms with Gasteiger partial charge in [0.15, 0.2) is 5.13 Å². The van der Waals surface area contributed by atoms with Crippen molar-refractivity contribution in [3.05, 3.63) is 119 Å². The van der Waals surface area contributed by atoms with Crippen molar-refractivity contribution in [1.29, 1.82) is 0 Å². The number of hydrogen-bond donors (Lipinski definition) is 1. The SMILES string of the molecule is CCOC(=O)/C(=N/OC(C)C)c1csc(NC(c2ccccc2)(c2ccccc2)c2ccccc2)n1. The maximum atomic E-state index is 12.6. The summed E-state index contributed by atoms with van der Waals surface area (Å²) in [6.45, 7) is 5.66. The molecule has 184 valence electrons. The lowest BCUT2D eigenvalue weighted by Gasteiger charge is -2.36. The van der Waals surface area contributed by atoms with Gasteiger partial charge in [-0.15, -0.1) is 11.3 Å². The Hall–Kier alpha value is -3.97. The second-order valence-electron chi connectivity index (χ2n) is 8.33. The van der Waals surface area contributed by atoms with Crippen LogP contribution in [0.4, 0.5) is 5.13 Å². The zero-order chi connectivity index (χ0) is 25.4. The Kier molecular flexibility index (Phi) is 8.13. The lowest BCUT2D eigenvalue weighted by Crippen LogP contribution is -2.38. The van der Waals surface area contributed by atoms with Crippen LogP contribution in [0.1, 0.15) is 43.2 Å². The van der Waals surface area contributed by atoms with Gasteiger partial charge in [-0.3, -0.25) is 0 Å². The van der Waals surface area contributed by atoms with Crippen molar-refractivity contribution in [3.8, 4) is 0 Å². The zero-order valence-corrected chi connectivity index (χ0v) is 21.4. The molecule has 0 aliphatic heterocycles. The molecule has 1 heterocycles. The first-order valence-corrected chi connectivity index (χ1v) is 12.7. The molecule has 4 aromatic rings. The molecule has 36 heavy (non-hydrogen) atoms. The van der Waals surface area contributed by atoms with Crippen molar-refractivity contribution in [1.82, 2.24) is 4.98 Å². The Balaban J connectivity index is 1.83. The standard InChI is InChI=1S/C29H29N3O3S/c1-4-34-27(33)26(32-35-21(2)3)25-20-36-28(30-25)31-29(22-14-8-5-9-15-22,23-16-10-6-11-17-23)24-18-12-7-13-19-24/h5-21H,4H2,1-3H3,(H,30,31)/b32-26+. The third-order valence-electron chi connectivity index (χ3n) is 5.49. The highest BCUT2D eigenvalue weighted by Crippen LogP contribution is 2.40. The van der Waals surface area contributed by atoms with Crippen molar-refractivity contribution in [2.24, 2.45) is 5.16 Å². The summed E-state index contributed by atoms with van der Waals surface area (Å²) in [5.41, 5.74) is 2.88. The predicted molar refractivity (Wildman–Crippen MR) is 144 cm³/mol. The van der Waals surface area contributed by atoms with Crippen molar-refractivity contribution in [2.75, 3.05) is 11.9 Å². The fourth-order valence-electron chi connectivity index (χ4n) is 3.93. The number of benzene rings is 3. The van der Waals surface area contributed by atoms with Gasteiger partial charge in [-0.2, -0.15) is 0 Å². The Bertz CT molecular complexity index is 1190. The summed E-state index contributed by atoms with van der Waals surface area (Å²) in [5, 5.41) is 10.2. The highest BCUT2D eigenvalue weighted by Gasteiger charge is 2.37. The Morgan fingerprint density at radius 1 is 0.917 bits per heavy atom. The third-order valence-corrected chi connectivity index (χ3v) is 6.24. The van der Waals surface area contributed by atoms with E-state index in [1.54, 1.807) is 12.3 Å². The first-order valence-electron chi connectivity index (χ1n) is 11.9. The molecule has 4 rings (SSSR count). The van der Waals surface area contributed by atoms with E-state index in [1.807, 2.05) is 68.4 Å². The van der Waals surface area contributed by atoms with Gasteiger partial charge >= 0.3 is 5.97 Å². The van der Waals surface area contributed by atoms with Crippen LogP contribution in [-0.2, 0) is 19.9 Å². The molecule has 0 saturated heterocycles. The van der Waals surface area contributed by atoms with Crippen molar-refractivity contribution >= 4 is 28.1 Å². The molecule has 0 bridgehead atoms.